The number of rotatable bonds is 3. The summed E-state index contributed by atoms with van der Waals surface area (Å²) in [5.41, 5.74) is 7.16. The number of fused-ring (bicyclic) bond motifs is 1. The van der Waals surface area contributed by atoms with Crippen LogP contribution in [-0.4, -0.2) is 22.9 Å². The Kier molecular flexibility index (Phi) is 5.19. The van der Waals surface area contributed by atoms with E-state index in [1.54, 1.807) is 11.3 Å². The number of carbonyl (C=O) groups is 1. The second kappa shape index (κ2) is 8.15. The van der Waals surface area contributed by atoms with Crippen molar-refractivity contribution < 1.29 is 9.53 Å². The molecular weight excluding hydrogens is 408 g/mol. The molecule has 0 radical (unpaired) electrons. The molecule has 1 saturated carbocycles. The first-order chi connectivity index (χ1) is 15.1. The Morgan fingerprint density at radius 3 is 2.81 bits per heavy atom. The van der Waals surface area contributed by atoms with Gasteiger partial charge in [-0.05, 0) is 74.9 Å². The lowest BCUT2D eigenvalue weighted by Gasteiger charge is -2.18. The van der Waals surface area contributed by atoms with E-state index in [2.05, 4.69) is 30.6 Å². The first kappa shape index (κ1) is 19.8. The molecular formula is C24H24N4O2S. The molecule has 2 aliphatic rings. The molecule has 6 nitrogen and oxygen atoms in total. The second-order valence-corrected chi connectivity index (χ2v) is 8.80. The molecule has 3 aromatic rings. The quantitative estimate of drug-likeness (QED) is 0.620. The molecule has 31 heavy (non-hydrogen) atoms. The molecule has 0 saturated heterocycles. The second-order valence-electron chi connectivity index (χ2n) is 7.97. The monoisotopic (exact) mass is 432 g/mol. The van der Waals surface area contributed by atoms with Gasteiger partial charge in [0.1, 0.15) is 5.75 Å². The summed E-state index contributed by atoms with van der Waals surface area (Å²) in [6.45, 7) is 4.25. The lowest BCUT2D eigenvalue weighted by Crippen LogP contribution is -2.25. The van der Waals surface area contributed by atoms with Gasteiger partial charge in [-0.25, -0.2) is 9.67 Å². The van der Waals surface area contributed by atoms with Crippen molar-refractivity contribution in [2.45, 2.75) is 39.5 Å². The number of carbonyl (C=O) groups excluding carboxylic acids is 1. The van der Waals surface area contributed by atoms with Crippen molar-refractivity contribution in [1.29, 1.82) is 0 Å². The molecule has 1 N–H and O–H groups in total. The predicted octanol–water partition coefficient (Wildman–Crippen LogP) is 5.17. The van der Waals surface area contributed by atoms with Crippen molar-refractivity contribution in [2.24, 2.45) is 10.1 Å². The van der Waals surface area contributed by atoms with Crippen molar-refractivity contribution in [3.8, 4) is 17.0 Å². The van der Waals surface area contributed by atoms with Gasteiger partial charge >= 0.3 is 0 Å². The standard InChI is InChI=1S/C24H24N4O2S/c1-15-6-5-9-19(16(15)2)26-24-28(27-18-7-3-4-8-18)21(14-31-24)17-10-11-22-20(12-17)25-23(29)13-30-22/h5-6,9-12,14H,3-4,7-8,13H2,1-2H3,(H,25,29). The number of amides is 1. The lowest BCUT2D eigenvalue weighted by atomic mass is 10.1. The topological polar surface area (TPSA) is 68.0 Å². The number of hydrogen-bond donors (Lipinski definition) is 1. The third-order valence-corrected chi connectivity index (χ3v) is 6.62. The van der Waals surface area contributed by atoms with Crippen LogP contribution in [0.15, 0.2) is 51.9 Å². The Morgan fingerprint density at radius 1 is 1.13 bits per heavy atom. The van der Waals surface area contributed by atoms with Gasteiger partial charge in [0, 0.05) is 16.7 Å². The number of hydrogen-bond acceptors (Lipinski definition) is 5. The molecule has 0 unspecified atom stereocenters. The van der Waals surface area contributed by atoms with Crippen molar-refractivity contribution >= 4 is 34.3 Å². The van der Waals surface area contributed by atoms with E-state index in [0.717, 1.165) is 34.6 Å². The molecule has 0 bridgehead atoms. The van der Waals surface area contributed by atoms with Crippen molar-refractivity contribution in [3.63, 3.8) is 0 Å². The third-order valence-electron chi connectivity index (χ3n) is 5.81. The molecule has 0 spiro atoms. The highest BCUT2D eigenvalue weighted by atomic mass is 32.1. The number of ether oxygens (including phenoxy) is 1. The van der Waals surface area contributed by atoms with Crippen LogP contribution in [0.5, 0.6) is 5.75 Å². The summed E-state index contributed by atoms with van der Waals surface area (Å²) in [5, 5.41) is 9.97. The van der Waals surface area contributed by atoms with Gasteiger partial charge in [-0.1, -0.05) is 12.1 Å². The van der Waals surface area contributed by atoms with Crippen LogP contribution in [0.2, 0.25) is 0 Å². The van der Waals surface area contributed by atoms with Gasteiger partial charge in [0.25, 0.3) is 5.91 Å². The Bertz CT molecular complexity index is 1260. The van der Waals surface area contributed by atoms with E-state index >= 15 is 0 Å². The molecule has 2 aromatic carbocycles. The third kappa shape index (κ3) is 3.93. The molecule has 5 rings (SSSR count). The lowest BCUT2D eigenvalue weighted by molar-refractivity contribution is -0.118. The van der Waals surface area contributed by atoms with Crippen LogP contribution in [0.25, 0.3) is 11.3 Å². The fourth-order valence-electron chi connectivity index (χ4n) is 3.90. The van der Waals surface area contributed by atoms with Crippen LogP contribution < -0.4 is 14.9 Å². The molecule has 7 heteroatoms. The van der Waals surface area contributed by atoms with Gasteiger partial charge in [0.2, 0.25) is 4.80 Å². The minimum Gasteiger partial charge on any atom is -0.482 e. The summed E-state index contributed by atoms with van der Waals surface area (Å²) in [4.78, 5) is 17.6. The number of nitrogens with zero attached hydrogens (tertiary/aromatic N) is 3. The normalized spacial score (nSPS) is 16.1. The minimum absolute atomic E-state index is 0.0529. The summed E-state index contributed by atoms with van der Waals surface area (Å²) >= 11 is 1.57. The molecule has 1 aliphatic heterocycles. The van der Waals surface area contributed by atoms with E-state index < -0.39 is 0 Å². The summed E-state index contributed by atoms with van der Waals surface area (Å²) < 4.78 is 7.47. The van der Waals surface area contributed by atoms with Crippen LogP contribution in [0, 0.1) is 13.8 Å². The zero-order valence-electron chi connectivity index (χ0n) is 17.6. The maximum absolute atomic E-state index is 11.8. The van der Waals surface area contributed by atoms with Gasteiger partial charge < -0.3 is 10.1 Å². The maximum Gasteiger partial charge on any atom is 0.262 e. The van der Waals surface area contributed by atoms with E-state index in [4.69, 9.17) is 14.8 Å². The van der Waals surface area contributed by atoms with Crippen molar-refractivity contribution in [2.75, 3.05) is 11.9 Å². The van der Waals surface area contributed by atoms with E-state index in [0.29, 0.717) is 11.4 Å². The molecule has 0 atom stereocenters. The first-order valence-corrected chi connectivity index (χ1v) is 11.4. The van der Waals surface area contributed by atoms with Gasteiger partial charge in [0.05, 0.1) is 17.1 Å². The number of anilines is 1. The van der Waals surface area contributed by atoms with E-state index in [1.165, 1.54) is 29.7 Å². The van der Waals surface area contributed by atoms with Gasteiger partial charge in [-0.2, -0.15) is 5.10 Å². The summed E-state index contributed by atoms with van der Waals surface area (Å²) in [6, 6.07) is 12.0. The van der Waals surface area contributed by atoms with Crippen LogP contribution in [0.3, 0.4) is 0 Å². The molecule has 1 fully saturated rings. The van der Waals surface area contributed by atoms with E-state index in [9.17, 15) is 4.79 Å². The average molecular weight is 433 g/mol. The Balaban J connectivity index is 1.66. The number of aromatic nitrogens is 1. The summed E-state index contributed by atoms with van der Waals surface area (Å²) in [6.07, 6.45) is 4.42. The predicted molar refractivity (Wildman–Crippen MR) is 124 cm³/mol. The highest BCUT2D eigenvalue weighted by Gasteiger charge is 2.18. The van der Waals surface area contributed by atoms with Gasteiger partial charge in [-0.15, -0.1) is 11.3 Å². The average Bonchev–Trinajstić information content (AvgIpc) is 3.42. The van der Waals surface area contributed by atoms with Crippen LogP contribution in [0.4, 0.5) is 11.4 Å². The summed E-state index contributed by atoms with van der Waals surface area (Å²) in [7, 11) is 0. The maximum atomic E-state index is 11.8. The van der Waals surface area contributed by atoms with Crippen molar-refractivity contribution in [3.05, 3.63) is 57.7 Å². The largest absolute Gasteiger partial charge is 0.482 e. The van der Waals surface area contributed by atoms with Crippen LogP contribution in [-0.2, 0) is 4.79 Å². The molecule has 1 aliphatic carbocycles. The van der Waals surface area contributed by atoms with Crippen LogP contribution in [0.1, 0.15) is 36.8 Å². The minimum atomic E-state index is -0.139. The zero-order chi connectivity index (χ0) is 21.4. The van der Waals surface area contributed by atoms with Crippen LogP contribution >= 0.6 is 11.3 Å². The first-order valence-electron chi connectivity index (χ1n) is 10.5. The molecule has 1 aromatic heterocycles. The molecule has 1 amide bonds. The number of aryl methyl sites for hydroxylation is 1. The van der Waals surface area contributed by atoms with Gasteiger partial charge in [-0.3, -0.25) is 4.79 Å². The Labute approximate surface area is 184 Å². The van der Waals surface area contributed by atoms with E-state index in [1.807, 2.05) is 35.0 Å². The molecule has 158 valence electrons. The fraction of sp³-hybridized carbons (Fsp3) is 0.292. The number of benzene rings is 2. The zero-order valence-corrected chi connectivity index (χ0v) is 18.5. The van der Waals surface area contributed by atoms with E-state index in [-0.39, 0.29) is 12.5 Å². The highest BCUT2D eigenvalue weighted by Crippen LogP contribution is 2.33. The Morgan fingerprint density at radius 2 is 1.97 bits per heavy atom. The molecule has 2 heterocycles. The van der Waals surface area contributed by atoms with Gasteiger partial charge in [0.15, 0.2) is 6.61 Å². The number of nitrogens with one attached hydrogen (secondary N) is 1. The summed E-state index contributed by atoms with van der Waals surface area (Å²) in [5.74, 6) is 0.548. The number of thiazole rings is 1. The fourth-order valence-corrected chi connectivity index (χ4v) is 4.74. The van der Waals surface area contributed by atoms with Crippen molar-refractivity contribution in [1.82, 2.24) is 4.68 Å². The smallest absolute Gasteiger partial charge is 0.262 e. The SMILES string of the molecule is Cc1cccc(N=c2scc(-c3ccc4c(c3)NC(=O)CO4)n2N=C2CCCC2)c1C. The highest BCUT2D eigenvalue weighted by molar-refractivity contribution is 7.07. The Hall–Kier alpha value is -3.19.